The van der Waals surface area contributed by atoms with Gasteiger partial charge in [-0.15, -0.1) is 11.3 Å². The topological polar surface area (TPSA) is 29.5 Å². The molecule has 2 rings (SSSR count). The minimum atomic E-state index is -0.346. The van der Waals surface area contributed by atoms with Gasteiger partial charge in [-0.2, -0.15) is 0 Å². The number of hydrogen-bond donors (Lipinski definition) is 1. The van der Waals surface area contributed by atoms with Crippen LogP contribution in [-0.4, -0.2) is 18.3 Å². The quantitative estimate of drug-likeness (QED) is 0.875. The number of thiophene rings is 1. The minimum Gasteiger partial charge on any atom is -0.387 e. The SMILES string of the molecule is OC(c1cc(Br)c(Br)s1)C1CCOCC1. The Hall–Kier alpha value is 0.580. The Labute approximate surface area is 110 Å². The molecule has 0 aliphatic carbocycles. The first-order valence-corrected chi connectivity index (χ1v) is 7.29. The maximum absolute atomic E-state index is 10.2. The van der Waals surface area contributed by atoms with E-state index in [-0.39, 0.29) is 6.10 Å². The zero-order valence-corrected chi connectivity index (χ0v) is 12.1. The van der Waals surface area contributed by atoms with Crippen LogP contribution in [0.3, 0.4) is 0 Å². The van der Waals surface area contributed by atoms with E-state index in [0.29, 0.717) is 5.92 Å². The van der Waals surface area contributed by atoms with E-state index in [4.69, 9.17) is 4.74 Å². The van der Waals surface area contributed by atoms with Crippen LogP contribution in [-0.2, 0) is 4.74 Å². The van der Waals surface area contributed by atoms with Crippen molar-refractivity contribution >= 4 is 43.2 Å². The number of rotatable bonds is 2. The Morgan fingerprint density at radius 1 is 1.40 bits per heavy atom. The second-order valence-corrected chi connectivity index (χ2v) is 6.92. The average molecular weight is 356 g/mol. The van der Waals surface area contributed by atoms with Crippen LogP contribution in [0.25, 0.3) is 0 Å². The molecule has 0 amide bonds. The predicted octanol–water partition coefficient (Wildman–Crippen LogP) is 3.73. The van der Waals surface area contributed by atoms with Crippen LogP contribution in [0.5, 0.6) is 0 Å². The van der Waals surface area contributed by atoms with Gasteiger partial charge < -0.3 is 9.84 Å². The summed E-state index contributed by atoms with van der Waals surface area (Å²) in [4.78, 5) is 1.03. The van der Waals surface area contributed by atoms with E-state index < -0.39 is 0 Å². The van der Waals surface area contributed by atoms with E-state index in [0.717, 1.165) is 39.2 Å². The Morgan fingerprint density at radius 2 is 2.07 bits per heavy atom. The molecule has 1 saturated heterocycles. The third-order valence-electron chi connectivity index (χ3n) is 2.67. The molecule has 5 heteroatoms. The van der Waals surface area contributed by atoms with Gasteiger partial charge in [0.25, 0.3) is 0 Å². The lowest BCUT2D eigenvalue weighted by Crippen LogP contribution is -2.21. The van der Waals surface area contributed by atoms with Crippen molar-refractivity contribution in [3.63, 3.8) is 0 Å². The van der Waals surface area contributed by atoms with Crippen LogP contribution in [0.4, 0.5) is 0 Å². The highest BCUT2D eigenvalue weighted by atomic mass is 79.9. The molecule has 0 aromatic carbocycles. The molecule has 84 valence electrons. The lowest BCUT2D eigenvalue weighted by atomic mass is 9.93. The van der Waals surface area contributed by atoms with E-state index >= 15 is 0 Å². The van der Waals surface area contributed by atoms with E-state index in [2.05, 4.69) is 31.9 Å². The van der Waals surface area contributed by atoms with Crippen LogP contribution in [0.2, 0.25) is 0 Å². The molecule has 1 aromatic heterocycles. The second kappa shape index (κ2) is 5.27. The van der Waals surface area contributed by atoms with Gasteiger partial charge in [-0.05, 0) is 56.7 Å². The fourth-order valence-corrected chi connectivity index (χ4v) is 3.94. The summed E-state index contributed by atoms with van der Waals surface area (Å²) in [5.74, 6) is 0.344. The molecule has 1 aliphatic rings. The molecule has 1 aliphatic heterocycles. The molecule has 0 spiro atoms. The summed E-state index contributed by atoms with van der Waals surface area (Å²) in [5.41, 5.74) is 0. The van der Waals surface area contributed by atoms with Gasteiger partial charge in [-0.25, -0.2) is 0 Å². The number of hydrogen-bond acceptors (Lipinski definition) is 3. The van der Waals surface area contributed by atoms with Crippen LogP contribution < -0.4 is 0 Å². The maximum Gasteiger partial charge on any atom is 0.0912 e. The number of ether oxygens (including phenoxy) is 1. The number of halogens is 2. The monoisotopic (exact) mass is 354 g/mol. The Morgan fingerprint density at radius 3 is 2.60 bits per heavy atom. The molecule has 1 aromatic rings. The molecule has 2 heterocycles. The van der Waals surface area contributed by atoms with Crippen molar-refractivity contribution < 1.29 is 9.84 Å². The van der Waals surface area contributed by atoms with Gasteiger partial charge in [0.15, 0.2) is 0 Å². The summed E-state index contributed by atoms with van der Waals surface area (Å²) in [6.45, 7) is 1.55. The molecular formula is C10H12Br2O2S. The largest absolute Gasteiger partial charge is 0.387 e. The smallest absolute Gasteiger partial charge is 0.0912 e. The average Bonchev–Trinajstić information content (AvgIpc) is 2.59. The zero-order chi connectivity index (χ0) is 10.8. The summed E-state index contributed by atoms with van der Waals surface area (Å²) in [5, 5.41) is 10.2. The lowest BCUT2D eigenvalue weighted by molar-refractivity contribution is 0.00852. The van der Waals surface area contributed by atoms with Gasteiger partial charge >= 0.3 is 0 Å². The van der Waals surface area contributed by atoms with Crippen LogP contribution >= 0.6 is 43.2 Å². The highest BCUT2D eigenvalue weighted by molar-refractivity contribution is 9.13. The second-order valence-electron chi connectivity index (χ2n) is 3.67. The van der Waals surface area contributed by atoms with Gasteiger partial charge in [0.1, 0.15) is 0 Å². The van der Waals surface area contributed by atoms with E-state index in [1.807, 2.05) is 6.07 Å². The molecule has 1 atom stereocenters. The van der Waals surface area contributed by atoms with Gasteiger partial charge in [0.05, 0.1) is 9.89 Å². The summed E-state index contributed by atoms with van der Waals surface area (Å²) in [7, 11) is 0. The molecule has 15 heavy (non-hydrogen) atoms. The third kappa shape index (κ3) is 2.82. The number of aliphatic hydroxyl groups is 1. The molecule has 1 unspecified atom stereocenters. The first-order chi connectivity index (χ1) is 7.18. The predicted molar refractivity (Wildman–Crippen MR) is 68.2 cm³/mol. The Kier molecular flexibility index (Phi) is 4.24. The molecular weight excluding hydrogens is 344 g/mol. The standard InChI is InChI=1S/C10H12Br2O2S/c11-7-5-8(15-10(7)12)9(13)6-1-3-14-4-2-6/h5-6,9,13H,1-4H2. The fraction of sp³-hybridized carbons (Fsp3) is 0.600. The lowest BCUT2D eigenvalue weighted by Gasteiger charge is -2.25. The zero-order valence-electron chi connectivity index (χ0n) is 8.08. The molecule has 1 fully saturated rings. The molecule has 2 nitrogen and oxygen atoms in total. The van der Waals surface area contributed by atoms with E-state index in [9.17, 15) is 5.11 Å². The molecule has 1 N–H and O–H groups in total. The van der Waals surface area contributed by atoms with Gasteiger partial charge in [0, 0.05) is 22.6 Å². The molecule has 0 saturated carbocycles. The summed E-state index contributed by atoms with van der Waals surface area (Å²) < 4.78 is 7.36. The molecule has 0 bridgehead atoms. The first-order valence-electron chi connectivity index (χ1n) is 4.89. The minimum absolute atomic E-state index is 0.344. The highest BCUT2D eigenvalue weighted by Crippen LogP contribution is 2.39. The fourth-order valence-electron chi connectivity index (χ4n) is 1.77. The Bertz CT molecular complexity index is 315. The molecule has 0 radical (unpaired) electrons. The van der Waals surface area contributed by atoms with Crippen molar-refractivity contribution in [3.05, 3.63) is 19.2 Å². The normalized spacial score (nSPS) is 20.5. The number of aliphatic hydroxyl groups excluding tert-OH is 1. The summed E-state index contributed by atoms with van der Waals surface area (Å²) in [6.07, 6.45) is 1.56. The van der Waals surface area contributed by atoms with Crippen LogP contribution in [0.1, 0.15) is 23.8 Å². The summed E-state index contributed by atoms with van der Waals surface area (Å²) >= 11 is 8.48. The van der Waals surface area contributed by atoms with Gasteiger partial charge in [0.2, 0.25) is 0 Å². The van der Waals surface area contributed by atoms with Crippen molar-refractivity contribution in [2.24, 2.45) is 5.92 Å². The summed E-state index contributed by atoms with van der Waals surface area (Å²) in [6, 6.07) is 1.99. The van der Waals surface area contributed by atoms with E-state index in [1.54, 1.807) is 11.3 Å². The van der Waals surface area contributed by atoms with Gasteiger partial charge in [-0.3, -0.25) is 0 Å². The first kappa shape index (κ1) is 12.0. The third-order valence-corrected chi connectivity index (χ3v) is 6.00. The highest BCUT2D eigenvalue weighted by Gasteiger charge is 2.25. The van der Waals surface area contributed by atoms with Crippen molar-refractivity contribution in [2.45, 2.75) is 18.9 Å². The van der Waals surface area contributed by atoms with Crippen molar-refractivity contribution in [1.82, 2.24) is 0 Å². The Balaban J connectivity index is 2.08. The van der Waals surface area contributed by atoms with Crippen molar-refractivity contribution in [3.8, 4) is 0 Å². The van der Waals surface area contributed by atoms with Crippen molar-refractivity contribution in [2.75, 3.05) is 13.2 Å². The van der Waals surface area contributed by atoms with E-state index in [1.165, 1.54) is 0 Å². The van der Waals surface area contributed by atoms with Crippen molar-refractivity contribution in [1.29, 1.82) is 0 Å². The van der Waals surface area contributed by atoms with Gasteiger partial charge in [-0.1, -0.05) is 0 Å². The van der Waals surface area contributed by atoms with Crippen LogP contribution in [0, 0.1) is 5.92 Å². The van der Waals surface area contributed by atoms with Crippen LogP contribution in [0.15, 0.2) is 14.3 Å². The maximum atomic E-state index is 10.2.